The molecule has 5 heteroatoms. The molecule has 0 saturated carbocycles. The van der Waals surface area contributed by atoms with E-state index in [9.17, 15) is 4.79 Å². The molecule has 5 nitrogen and oxygen atoms in total. The van der Waals surface area contributed by atoms with Crippen LogP contribution in [-0.2, 0) is 4.79 Å². The Labute approximate surface area is 103 Å². The molecule has 1 fully saturated rings. The summed E-state index contributed by atoms with van der Waals surface area (Å²) in [6, 6.07) is 0. The van der Waals surface area contributed by atoms with Gasteiger partial charge in [0.25, 0.3) is 0 Å². The number of hydrogen-bond acceptors (Lipinski definition) is 2. The number of likely N-dealkylation sites (tertiary alicyclic amines) is 1. The van der Waals surface area contributed by atoms with Gasteiger partial charge in [0.2, 0.25) is 5.91 Å². The molecule has 1 rings (SSSR count). The van der Waals surface area contributed by atoms with E-state index in [2.05, 4.69) is 22.2 Å². The average Bonchev–Trinajstić information content (AvgIpc) is 2.39. The van der Waals surface area contributed by atoms with Gasteiger partial charge in [-0.3, -0.25) is 9.79 Å². The van der Waals surface area contributed by atoms with E-state index in [1.165, 1.54) is 6.42 Å². The highest BCUT2D eigenvalue weighted by atomic mass is 16.2. The summed E-state index contributed by atoms with van der Waals surface area (Å²) in [5.41, 5.74) is 0. The van der Waals surface area contributed by atoms with E-state index >= 15 is 0 Å². The third-order valence-electron chi connectivity index (χ3n) is 2.75. The number of amides is 1. The van der Waals surface area contributed by atoms with Gasteiger partial charge in [0.1, 0.15) is 0 Å². The Morgan fingerprint density at radius 1 is 1.35 bits per heavy atom. The van der Waals surface area contributed by atoms with Crippen molar-refractivity contribution in [1.82, 2.24) is 15.5 Å². The molecule has 0 atom stereocenters. The van der Waals surface area contributed by atoms with E-state index < -0.39 is 0 Å². The van der Waals surface area contributed by atoms with Crippen molar-refractivity contribution in [2.24, 2.45) is 4.99 Å². The fourth-order valence-corrected chi connectivity index (χ4v) is 1.80. The van der Waals surface area contributed by atoms with E-state index in [4.69, 9.17) is 0 Å². The van der Waals surface area contributed by atoms with E-state index in [0.29, 0.717) is 19.0 Å². The lowest BCUT2D eigenvalue weighted by molar-refractivity contribution is -0.130. The molecule has 1 aliphatic rings. The van der Waals surface area contributed by atoms with Gasteiger partial charge < -0.3 is 15.5 Å². The molecular weight excluding hydrogens is 216 g/mol. The van der Waals surface area contributed by atoms with Crippen LogP contribution in [0.25, 0.3) is 0 Å². The maximum Gasteiger partial charge on any atom is 0.241 e. The molecule has 1 aliphatic heterocycles. The minimum Gasteiger partial charge on any atom is -0.353 e. The first-order valence-corrected chi connectivity index (χ1v) is 6.11. The Morgan fingerprint density at radius 2 is 2.06 bits per heavy atom. The summed E-state index contributed by atoms with van der Waals surface area (Å²) in [5.74, 6) is 0.779. The number of carbonyl (C=O) groups is 1. The van der Waals surface area contributed by atoms with Crippen LogP contribution in [0.4, 0.5) is 0 Å². The average molecular weight is 238 g/mol. The largest absolute Gasteiger partial charge is 0.353 e. The summed E-state index contributed by atoms with van der Waals surface area (Å²) in [4.78, 5) is 17.8. The number of nitrogens with zero attached hydrogens (tertiary/aromatic N) is 2. The maximum atomic E-state index is 11.9. The van der Waals surface area contributed by atoms with Crippen molar-refractivity contribution in [3.63, 3.8) is 0 Å². The number of nitrogens with one attached hydrogen (secondary N) is 2. The maximum absolute atomic E-state index is 11.9. The van der Waals surface area contributed by atoms with E-state index in [1.54, 1.807) is 13.1 Å². The van der Waals surface area contributed by atoms with Gasteiger partial charge >= 0.3 is 0 Å². The first kappa shape index (κ1) is 13.5. The van der Waals surface area contributed by atoms with Crippen molar-refractivity contribution in [3.05, 3.63) is 12.7 Å². The number of aliphatic imine (C=N–C) groups is 1. The van der Waals surface area contributed by atoms with Crippen LogP contribution in [0.1, 0.15) is 19.3 Å². The molecule has 0 aromatic rings. The minimum atomic E-state index is 0.145. The van der Waals surface area contributed by atoms with Crippen molar-refractivity contribution in [3.8, 4) is 0 Å². The Hall–Kier alpha value is -1.52. The standard InChI is InChI=1S/C12H22N4O/c1-3-7-14-12(13-2)15-10-11(17)16-8-5-4-6-9-16/h3H,1,4-10H2,2H3,(H2,13,14,15). The summed E-state index contributed by atoms with van der Waals surface area (Å²) >= 11 is 0. The Kier molecular flexibility index (Phi) is 6.14. The lowest BCUT2D eigenvalue weighted by Crippen LogP contribution is -2.46. The molecule has 0 spiro atoms. The molecule has 0 aliphatic carbocycles. The fraction of sp³-hybridized carbons (Fsp3) is 0.667. The van der Waals surface area contributed by atoms with Gasteiger partial charge in [0.15, 0.2) is 5.96 Å². The minimum absolute atomic E-state index is 0.145. The van der Waals surface area contributed by atoms with Crippen LogP contribution in [-0.4, -0.2) is 50.0 Å². The van der Waals surface area contributed by atoms with Crippen LogP contribution in [0.2, 0.25) is 0 Å². The normalized spacial score (nSPS) is 16.5. The highest BCUT2D eigenvalue weighted by Crippen LogP contribution is 2.07. The molecule has 0 unspecified atom stereocenters. The van der Waals surface area contributed by atoms with E-state index in [0.717, 1.165) is 25.9 Å². The van der Waals surface area contributed by atoms with Crippen LogP contribution in [0.5, 0.6) is 0 Å². The molecule has 1 amide bonds. The van der Waals surface area contributed by atoms with Crippen LogP contribution < -0.4 is 10.6 Å². The van der Waals surface area contributed by atoms with Crippen LogP contribution in [0.3, 0.4) is 0 Å². The second-order valence-electron chi connectivity index (χ2n) is 4.04. The lowest BCUT2D eigenvalue weighted by Gasteiger charge is -2.27. The van der Waals surface area contributed by atoms with Gasteiger partial charge in [-0.1, -0.05) is 6.08 Å². The number of rotatable bonds is 4. The molecular formula is C12H22N4O. The first-order valence-electron chi connectivity index (χ1n) is 6.11. The molecule has 2 N–H and O–H groups in total. The summed E-state index contributed by atoms with van der Waals surface area (Å²) in [6.45, 7) is 6.33. The highest BCUT2D eigenvalue weighted by molar-refractivity contribution is 5.86. The summed E-state index contributed by atoms with van der Waals surface area (Å²) in [6.07, 6.45) is 5.23. The van der Waals surface area contributed by atoms with Gasteiger partial charge in [-0.25, -0.2) is 0 Å². The van der Waals surface area contributed by atoms with Crippen molar-refractivity contribution in [1.29, 1.82) is 0 Å². The van der Waals surface area contributed by atoms with Crippen molar-refractivity contribution in [2.75, 3.05) is 33.2 Å². The Bertz CT molecular complexity index is 282. The second kappa shape index (κ2) is 7.70. The van der Waals surface area contributed by atoms with Crippen molar-refractivity contribution >= 4 is 11.9 Å². The van der Waals surface area contributed by atoms with Gasteiger partial charge in [0, 0.05) is 26.7 Å². The number of carbonyl (C=O) groups excluding carboxylic acids is 1. The predicted octanol–water partition coefficient (Wildman–Crippen LogP) is 0.350. The third kappa shape index (κ3) is 4.89. The molecule has 0 aromatic carbocycles. The van der Waals surface area contributed by atoms with Gasteiger partial charge in [0.05, 0.1) is 6.54 Å². The van der Waals surface area contributed by atoms with Crippen molar-refractivity contribution in [2.45, 2.75) is 19.3 Å². The zero-order valence-electron chi connectivity index (χ0n) is 10.5. The van der Waals surface area contributed by atoms with Crippen LogP contribution in [0, 0.1) is 0 Å². The second-order valence-corrected chi connectivity index (χ2v) is 4.04. The van der Waals surface area contributed by atoms with Gasteiger partial charge in [-0.05, 0) is 19.3 Å². The monoisotopic (exact) mass is 238 g/mol. The smallest absolute Gasteiger partial charge is 0.241 e. The molecule has 17 heavy (non-hydrogen) atoms. The van der Waals surface area contributed by atoms with Gasteiger partial charge in [-0.2, -0.15) is 0 Å². The molecule has 0 radical (unpaired) electrons. The number of guanidine groups is 1. The molecule has 0 aromatic heterocycles. The zero-order chi connectivity index (χ0) is 12.5. The van der Waals surface area contributed by atoms with E-state index in [-0.39, 0.29) is 5.91 Å². The van der Waals surface area contributed by atoms with Crippen LogP contribution >= 0.6 is 0 Å². The lowest BCUT2D eigenvalue weighted by atomic mass is 10.1. The first-order chi connectivity index (χ1) is 8.27. The Morgan fingerprint density at radius 3 is 2.65 bits per heavy atom. The van der Waals surface area contributed by atoms with Gasteiger partial charge in [-0.15, -0.1) is 6.58 Å². The molecule has 1 heterocycles. The molecule has 1 saturated heterocycles. The number of piperidine rings is 1. The number of hydrogen-bond donors (Lipinski definition) is 2. The SMILES string of the molecule is C=CCNC(=NC)NCC(=O)N1CCCCC1. The quantitative estimate of drug-likeness (QED) is 0.422. The predicted molar refractivity (Wildman–Crippen MR) is 70.0 cm³/mol. The van der Waals surface area contributed by atoms with Crippen molar-refractivity contribution < 1.29 is 4.79 Å². The van der Waals surface area contributed by atoms with Crippen LogP contribution in [0.15, 0.2) is 17.6 Å². The highest BCUT2D eigenvalue weighted by Gasteiger charge is 2.16. The summed E-state index contributed by atoms with van der Waals surface area (Å²) in [7, 11) is 1.68. The fourth-order valence-electron chi connectivity index (χ4n) is 1.80. The van der Waals surface area contributed by atoms with E-state index in [1.807, 2.05) is 4.90 Å². The summed E-state index contributed by atoms with van der Waals surface area (Å²) < 4.78 is 0. The zero-order valence-corrected chi connectivity index (χ0v) is 10.5. The Balaban J connectivity index is 2.27. The molecule has 96 valence electrons. The topological polar surface area (TPSA) is 56.7 Å². The molecule has 0 bridgehead atoms. The summed E-state index contributed by atoms with van der Waals surface area (Å²) in [5, 5.41) is 6.03. The third-order valence-corrected chi connectivity index (χ3v) is 2.75.